The van der Waals surface area contributed by atoms with Gasteiger partial charge < -0.3 is 14.0 Å². The minimum atomic E-state index is -3.94. The van der Waals surface area contributed by atoms with E-state index in [1.165, 1.54) is 12.1 Å². The molecule has 2 aromatic rings. The van der Waals surface area contributed by atoms with Crippen LogP contribution in [0.2, 0.25) is 0 Å². The molecule has 0 spiro atoms. The van der Waals surface area contributed by atoms with E-state index in [2.05, 4.69) is 14.9 Å². The summed E-state index contributed by atoms with van der Waals surface area (Å²) in [5.74, 6) is -1.14. The summed E-state index contributed by atoms with van der Waals surface area (Å²) in [5, 5.41) is 3.81. The maximum atomic E-state index is 13.8. The number of hydrogen-bond acceptors (Lipinski definition) is 6. The fourth-order valence-corrected chi connectivity index (χ4v) is 2.75. The summed E-state index contributed by atoms with van der Waals surface area (Å²) in [6.45, 7) is 0.352. The van der Waals surface area contributed by atoms with Crippen molar-refractivity contribution in [2.24, 2.45) is 0 Å². The van der Waals surface area contributed by atoms with Gasteiger partial charge in [-0.05, 0) is 25.0 Å². The molecule has 0 aliphatic carbocycles. The van der Waals surface area contributed by atoms with E-state index in [-0.39, 0.29) is 30.0 Å². The predicted molar refractivity (Wildman–Crippen MR) is 75.4 cm³/mol. The summed E-state index contributed by atoms with van der Waals surface area (Å²) < 4.78 is 42.6. The van der Waals surface area contributed by atoms with Crippen molar-refractivity contribution in [3.05, 3.63) is 36.0 Å². The Hall–Kier alpha value is -2.55. The van der Waals surface area contributed by atoms with Crippen LogP contribution in [0.5, 0.6) is 5.75 Å². The number of alkyl halides is 2. The molecule has 4 rings (SSSR count). The first-order valence-electron chi connectivity index (χ1n) is 7.46. The summed E-state index contributed by atoms with van der Waals surface area (Å²) in [7, 11) is 0. The molecule has 1 atom stereocenters. The smallest absolute Gasteiger partial charge is 0.423 e. The van der Waals surface area contributed by atoms with Gasteiger partial charge in [0.25, 0.3) is 0 Å². The monoisotopic (exact) mass is 337 g/mol. The van der Waals surface area contributed by atoms with Crippen LogP contribution < -0.4 is 9.64 Å². The van der Waals surface area contributed by atoms with Gasteiger partial charge in [0.15, 0.2) is 5.75 Å². The first-order chi connectivity index (χ1) is 11.5. The van der Waals surface area contributed by atoms with E-state index in [9.17, 15) is 13.6 Å². The third-order valence-corrected chi connectivity index (χ3v) is 3.88. The van der Waals surface area contributed by atoms with Gasteiger partial charge in [0, 0.05) is 6.61 Å². The van der Waals surface area contributed by atoms with Gasteiger partial charge in [-0.2, -0.15) is 13.8 Å². The maximum absolute atomic E-state index is 13.8. The van der Waals surface area contributed by atoms with E-state index in [1.54, 1.807) is 12.1 Å². The number of nitrogens with zero attached hydrogens (tertiary/aromatic N) is 3. The van der Waals surface area contributed by atoms with Gasteiger partial charge in [-0.15, -0.1) is 0 Å². The van der Waals surface area contributed by atoms with Crippen LogP contribution in [-0.2, 0) is 16.1 Å². The number of fused-ring (bicyclic) bond motifs is 1. The summed E-state index contributed by atoms with van der Waals surface area (Å²) in [5.41, 5.74) is 0.227. The van der Waals surface area contributed by atoms with Gasteiger partial charge in [-0.25, -0.2) is 0 Å². The van der Waals surface area contributed by atoms with E-state index < -0.39 is 12.0 Å². The lowest BCUT2D eigenvalue weighted by atomic mass is 10.2. The van der Waals surface area contributed by atoms with Crippen molar-refractivity contribution < 1.29 is 27.6 Å². The molecule has 1 amide bonds. The molecule has 24 heavy (non-hydrogen) atoms. The van der Waals surface area contributed by atoms with Gasteiger partial charge in [-0.3, -0.25) is 9.69 Å². The average Bonchev–Trinajstić information content (AvgIpc) is 3.22. The highest BCUT2D eigenvalue weighted by Gasteiger charge is 2.50. The lowest BCUT2D eigenvalue weighted by molar-refractivity contribution is -0.193. The minimum Gasteiger partial charge on any atom is -0.423 e. The van der Waals surface area contributed by atoms with Crippen molar-refractivity contribution >= 4 is 11.6 Å². The molecule has 0 N–H and O–H groups in total. The largest absolute Gasteiger partial charge is 0.482 e. The van der Waals surface area contributed by atoms with Gasteiger partial charge in [0.2, 0.25) is 11.7 Å². The summed E-state index contributed by atoms with van der Waals surface area (Å²) in [6.07, 6.45) is -2.52. The van der Waals surface area contributed by atoms with Crippen molar-refractivity contribution in [2.45, 2.75) is 31.6 Å². The number of carbonyl (C=O) groups excluding carboxylic acids is 1. The Morgan fingerprint density at radius 1 is 1.33 bits per heavy atom. The third kappa shape index (κ3) is 2.50. The minimum absolute atomic E-state index is 0.0568. The van der Waals surface area contributed by atoms with Gasteiger partial charge >= 0.3 is 12.0 Å². The number of halogens is 2. The van der Waals surface area contributed by atoms with E-state index in [4.69, 9.17) is 9.26 Å². The van der Waals surface area contributed by atoms with Crippen LogP contribution in [-0.4, -0.2) is 28.8 Å². The average molecular weight is 337 g/mol. The molecule has 1 aromatic heterocycles. The molecule has 1 fully saturated rings. The second-order valence-corrected chi connectivity index (χ2v) is 5.53. The zero-order valence-corrected chi connectivity index (χ0v) is 12.4. The van der Waals surface area contributed by atoms with Crippen molar-refractivity contribution in [3.8, 4) is 5.75 Å². The van der Waals surface area contributed by atoms with Crippen molar-refractivity contribution in [2.75, 3.05) is 11.5 Å². The molecule has 0 saturated carbocycles. The van der Waals surface area contributed by atoms with E-state index in [0.29, 0.717) is 12.4 Å². The molecule has 1 saturated heterocycles. The second-order valence-electron chi connectivity index (χ2n) is 5.53. The molecule has 3 heterocycles. The second kappa shape index (κ2) is 5.52. The SMILES string of the molecule is O=C1N(Cc2nc(C3CCCO3)no2)c2ccccc2OC1(F)F. The van der Waals surface area contributed by atoms with Crippen LogP contribution in [0, 0.1) is 0 Å². The highest BCUT2D eigenvalue weighted by Crippen LogP contribution is 2.39. The molecule has 1 unspecified atom stereocenters. The number of hydrogen-bond donors (Lipinski definition) is 0. The Kier molecular flexibility index (Phi) is 3.45. The molecule has 1 aromatic carbocycles. The molecule has 126 valence electrons. The Morgan fingerprint density at radius 3 is 2.96 bits per heavy atom. The fourth-order valence-electron chi connectivity index (χ4n) is 2.75. The third-order valence-electron chi connectivity index (χ3n) is 3.88. The normalized spacial score (nSPS) is 22.3. The highest BCUT2D eigenvalue weighted by atomic mass is 19.3. The lowest BCUT2D eigenvalue weighted by Gasteiger charge is -2.32. The number of amides is 1. The molecule has 9 heteroatoms. The number of ether oxygens (including phenoxy) is 2. The number of benzene rings is 1. The molecule has 7 nitrogen and oxygen atoms in total. The van der Waals surface area contributed by atoms with E-state index in [0.717, 1.165) is 17.7 Å². The summed E-state index contributed by atoms with van der Waals surface area (Å²) in [6, 6.07) is 6.05. The predicted octanol–water partition coefficient (Wildman–Crippen LogP) is 2.44. The van der Waals surface area contributed by atoms with Gasteiger partial charge in [0.05, 0.1) is 5.69 Å². The zero-order chi connectivity index (χ0) is 16.7. The van der Waals surface area contributed by atoms with Crippen LogP contribution in [0.4, 0.5) is 14.5 Å². The van der Waals surface area contributed by atoms with Gasteiger partial charge in [0.1, 0.15) is 12.6 Å². The Bertz CT molecular complexity index is 774. The highest BCUT2D eigenvalue weighted by molar-refractivity contribution is 6.00. The van der Waals surface area contributed by atoms with Crippen LogP contribution >= 0.6 is 0 Å². The molecule has 0 radical (unpaired) electrons. The number of rotatable bonds is 3. The molecule has 0 bridgehead atoms. The first kappa shape index (κ1) is 15.0. The molecular weight excluding hydrogens is 324 g/mol. The van der Waals surface area contributed by atoms with Crippen LogP contribution in [0.25, 0.3) is 0 Å². The topological polar surface area (TPSA) is 77.7 Å². The zero-order valence-electron chi connectivity index (χ0n) is 12.4. The summed E-state index contributed by atoms with van der Waals surface area (Å²) in [4.78, 5) is 17.1. The Morgan fingerprint density at radius 2 is 2.17 bits per heavy atom. The van der Waals surface area contributed by atoms with Crippen LogP contribution in [0.3, 0.4) is 0 Å². The molecular formula is C15H13F2N3O4. The number of carbonyl (C=O) groups is 1. The summed E-state index contributed by atoms with van der Waals surface area (Å²) >= 11 is 0. The van der Waals surface area contributed by atoms with Crippen LogP contribution in [0.1, 0.15) is 30.7 Å². The number of para-hydroxylation sites is 2. The molecule has 2 aliphatic rings. The fraction of sp³-hybridized carbons (Fsp3) is 0.400. The van der Waals surface area contributed by atoms with E-state index in [1.807, 2.05) is 0 Å². The Balaban J connectivity index is 1.62. The quantitative estimate of drug-likeness (QED) is 0.856. The van der Waals surface area contributed by atoms with E-state index >= 15 is 0 Å². The van der Waals surface area contributed by atoms with Crippen molar-refractivity contribution in [3.63, 3.8) is 0 Å². The Labute approximate surface area is 135 Å². The molecule has 2 aliphatic heterocycles. The standard InChI is InChI=1S/C15H13F2N3O4/c16-15(17)14(21)20(9-4-1-2-5-10(9)23-15)8-12-18-13(19-24-12)11-6-3-7-22-11/h1-2,4-5,11H,3,6-8H2. The van der Waals surface area contributed by atoms with Crippen molar-refractivity contribution in [1.82, 2.24) is 10.1 Å². The van der Waals surface area contributed by atoms with Crippen LogP contribution in [0.15, 0.2) is 28.8 Å². The first-order valence-corrected chi connectivity index (χ1v) is 7.46. The van der Waals surface area contributed by atoms with Crippen molar-refractivity contribution in [1.29, 1.82) is 0 Å². The number of aromatic nitrogens is 2. The van der Waals surface area contributed by atoms with Gasteiger partial charge in [-0.1, -0.05) is 17.3 Å². The lowest BCUT2D eigenvalue weighted by Crippen LogP contribution is -2.50. The number of anilines is 1. The maximum Gasteiger partial charge on any atom is 0.482 e.